The molecule has 0 bridgehead atoms. The Labute approximate surface area is 168 Å². The first-order valence-corrected chi connectivity index (χ1v) is 11.3. The topological polar surface area (TPSA) is 85.9 Å². The van der Waals surface area contributed by atoms with Crippen molar-refractivity contribution in [2.45, 2.75) is 64.2 Å². The van der Waals surface area contributed by atoms with E-state index in [1.807, 2.05) is 32.5 Å². The lowest BCUT2D eigenvalue weighted by Gasteiger charge is -2.27. The molecule has 27 heavy (non-hydrogen) atoms. The molecule has 0 heterocycles. The molecular weight excluding hydrogens is 368 g/mol. The maximum Gasteiger partial charge on any atom is 0.407 e. The Morgan fingerprint density at radius 1 is 0.963 bits per heavy atom. The van der Waals surface area contributed by atoms with Gasteiger partial charge in [-0.25, -0.2) is 4.79 Å². The van der Waals surface area contributed by atoms with E-state index in [2.05, 4.69) is 16.9 Å². The summed E-state index contributed by atoms with van der Waals surface area (Å²) in [7, 11) is 0. The van der Waals surface area contributed by atoms with Crippen LogP contribution in [-0.4, -0.2) is 69.1 Å². The van der Waals surface area contributed by atoms with Gasteiger partial charge in [-0.1, -0.05) is 20.8 Å². The fourth-order valence-corrected chi connectivity index (χ4v) is 3.30. The average molecular weight is 407 g/mol. The highest BCUT2D eigenvalue weighted by Crippen LogP contribution is 2.26. The quantitative estimate of drug-likeness (QED) is 0.485. The Balaban J connectivity index is 0.00000326. The summed E-state index contributed by atoms with van der Waals surface area (Å²) in [5, 5.41) is 6.37. The van der Waals surface area contributed by atoms with Gasteiger partial charge in [0.05, 0.1) is 26.4 Å². The van der Waals surface area contributed by atoms with Crippen molar-refractivity contribution in [1.82, 2.24) is 10.6 Å². The van der Waals surface area contributed by atoms with Crippen LogP contribution in [0.2, 0.25) is 0 Å². The van der Waals surface area contributed by atoms with Gasteiger partial charge in [0.25, 0.3) is 0 Å². The SMILES string of the molecule is CC.CCC(=O)NCCOCCOCCOC(=O)NC1CCC(SC)CC1. The molecule has 2 N–H and O–H groups in total. The monoisotopic (exact) mass is 406 g/mol. The first-order chi connectivity index (χ1) is 13.2. The van der Waals surface area contributed by atoms with Gasteiger partial charge in [0.15, 0.2) is 0 Å². The highest BCUT2D eigenvalue weighted by atomic mass is 32.2. The van der Waals surface area contributed by atoms with Gasteiger partial charge < -0.3 is 24.8 Å². The molecule has 0 atom stereocenters. The van der Waals surface area contributed by atoms with Crippen molar-refractivity contribution in [3.63, 3.8) is 0 Å². The first-order valence-electron chi connectivity index (χ1n) is 10.0. The van der Waals surface area contributed by atoms with Crippen LogP contribution in [0.15, 0.2) is 0 Å². The molecule has 0 unspecified atom stereocenters. The third kappa shape index (κ3) is 14.7. The maximum atomic E-state index is 11.7. The maximum absolute atomic E-state index is 11.7. The van der Waals surface area contributed by atoms with E-state index in [0.717, 1.165) is 30.9 Å². The van der Waals surface area contributed by atoms with Crippen molar-refractivity contribution < 1.29 is 23.8 Å². The van der Waals surface area contributed by atoms with Crippen LogP contribution in [-0.2, 0) is 19.0 Å². The molecule has 0 aromatic carbocycles. The molecule has 0 aromatic heterocycles. The third-order valence-electron chi connectivity index (χ3n) is 4.05. The van der Waals surface area contributed by atoms with Crippen molar-refractivity contribution >= 4 is 23.8 Å². The first kappa shape index (κ1) is 26.0. The highest BCUT2D eigenvalue weighted by Gasteiger charge is 2.21. The number of carbonyl (C=O) groups is 2. The molecule has 1 aliphatic rings. The summed E-state index contributed by atoms with van der Waals surface area (Å²) in [6.07, 6.45) is 6.60. The minimum atomic E-state index is -0.362. The lowest BCUT2D eigenvalue weighted by Crippen LogP contribution is -2.38. The van der Waals surface area contributed by atoms with E-state index >= 15 is 0 Å². The van der Waals surface area contributed by atoms with E-state index in [1.165, 1.54) is 0 Å². The zero-order valence-electron chi connectivity index (χ0n) is 17.4. The number of alkyl carbamates (subject to hydrolysis) is 1. The summed E-state index contributed by atoms with van der Waals surface area (Å²) in [6, 6.07) is 0.235. The molecular formula is C19H38N2O5S. The number of carbonyl (C=O) groups excluding carboxylic acids is 2. The number of ether oxygens (including phenoxy) is 3. The number of amides is 2. The molecule has 160 valence electrons. The number of hydrogen-bond donors (Lipinski definition) is 2. The van der Waals surface area contributed by atoms with Gasteiger partial charge in [0.1, 0.15) is 6.61 Å². The van der Waals surface area contributed by atoms with E-state index in [-0.39, 0.29) is 24.6 Å². The van der Waals surface area contributed by atoms with Crippen LogP contribution in [0.1, 0.15) is 52.9 Å². The Morgan fingerprint density at radius 3 is 2.15 bits per heavy atom. The summed E-state index contributed by atoms with van der Waals surface area (Å²) in [4.78, 5) is 22.7. The molecule has 1 saturated carbocycles. The van der Waals surface area contributed by atoms with Crippen LogP contribution in [0, 0.1) is 0 Å². The predicted octanol–water partition coefficient (Wildman–Crippen LogP) is 2.97. The van der Waals surface area contributed by atoms with Crippen LogP contribution < -0.4 is 10.6 Å². The van der Waals surface area contributed by atoms with Crippen LogP contribution >= 0.6 is 11.8 Å². The Bertz CT molecular complexity index is 377. The number of nitrogens with one attached hydrogen (secondary N) is 2. The molecule has 0 saturated heterocycles. The second kappa shape index (κ2) is 18.4. The molecule has 0 radical (unpaired) electrons. The zero-order valence-corrected chi connectivity index (χ0v) is 18.2. The van der Waals surface area contributed by atoms with Crippen molar-refractivity contribution in [3.8, 4) is 0 Å². The van der Waals surface area contributed by atoms with Gasteiger partial charge in [-0.2, -0.15) is 11.8 Å². The standard InChI is InChI=1S/C17H32N2O5S.C2H6/c1-3-16(20)18-8-9-22-10-11-23-12-13-24-17(21)19-14-4-6-15(25-2)7-5-14;1-2/h14-15H,3-13H2,1-2H3,(H,18,20)(H,19,21);1-2H3. The fourth-order valence-electron chi connectivity index (χ4n) is 2.55. The number of rotatable bonds is 12. The van der Waals surface area contributed by atoms with Crippen molar-refractivity contribution in [3.05, 3.63) is 0 Å². The Hall–Kier alpha value is -0.990. The minimum absolute atomic E-state index is 0.0209. The van der Waals surface area contributed by atoms with Gasteiger partial charge in [-0.3, -0.25) is 4.79 Å². The fraction of sp³-hybridized carbons (Fsp3) is 0.895. The lowest BCUT2D eigenvalue weighted by atomic mass is 9.95. The van der Waals surface area contributed by atoms with Crippen molar-refractivity contribution in [2.75, 3.05) is 45.8 Å². The number of hydrogen-bond acceptors (Lipinski definition) is 6. The molecule has 1 rings (SSSR count). The normalized spacial score (nSPS) is 18.8. The molecule has 7 nitrogen and oxygen atoms in total. The summed E-state index contributed by atoms with van der Waals surface area (Å²) in [5.74, 6) is 0.0209. The second-order valence-corrected chi connectivity index (χ2v) is 7.06. The van der Waals surface area contributed by atoms with E-state index in [1.54, 1.807) is 0 Å². The molecule has 0 aromatic rings. The summed E-state index contributed by atoms with van der Waals surface area (Å²) < 4.78 is 15.8. The Kier molecular flexibility index (Phi) is 17.7. The van der Waals surface area contributed by atoms with E-state index in [4.69, 9.17) is 14.2 Å². The molecule has 2 amide bonds. The van der Waals surface area contributed by atoms with E-state index < -0.39 is 0 Å². The van der Waals surface area contributed by atoms with Crippen molar-refractivity contribution in [1.29, 1.82) is 0 Å². The largest absolute Gasteiger partial charge is 0.447 e. The van der Waals surface area contributed by atoms with E-state index in [0.29, 0.717) is 39.4 Å². The summed E-state index contributed by atoms with van der Waals surface area (Å²) >= 11 is 1.91. The second-order valence-electron chi connectivity index (χ2n) is 5.92. The molecule has 0 aliphatic heterocycles. The van der Waals surface area contributed by atoms with Crippen LogP contribution in [0.4, 0.5) is 4.79 Å². The molecule has 8 heteroatoms. The zero-order chi connectivity index (χ0) is 20.3. The van der Waals surface area contributed by atoms with Gasteiger partial charge in [-0.05, 0) is 31.9 Å². The van der Waals surface area contributed by atoms with Gasteiger partial charge in [0, 0.05) is 24.3 Å². The van der Waals surface area contributed by atoms with Gasteiger partial charge >= 0.3 is 6.09 Å². The average Bonchev–Trinajstić information content (AvgIpc) is 2.71. The molecule has 1 fully saturated rings. The summed E-state index contributed by atoms with van der Waals surface area (Å²) in [6.45, 7) is 8.25. The third-order valence-corrected chi connectivity index (χ3v) is 5.19. The Morgan fingerprint density at radius 2 is 1.56 bits per heavy atom. The van der Waals surface area contributed by atoms with Crippen LogP contribution in [0.5, 0.6) is 0 Å². The predicted molar refractivity (Wildman–Crippen MR) is 110 cm³/mol. The van der Waals surface area contributed by atoms with Crippen LogP contribution in [0.25, 0.3) is 0 Å². The molecule has 1 aliphatic carbocycles. The van der Waals surface area contributed by atoms with E-state index in [9.17, 15) is 9.59 Å². The van der Waals surface area contributed by atoms with Crippen molar-refractivity contribution in [2.24, 2.45) is 0 Å². The minimum Gasteiger partial charge on any atom is -0.447 e. The van der Waals surface area contributed by atoms with Gasteiger partial charge in [-0.15, -0.1) is 0 Å². The van der Waals surface area contributed by atoms with Crippen LogP contribution in [0.3, 0.4) is 0 Å². The highest BCUT2D eigenvalue weighted by molar-refractivity contribution is 7.99. The summed E-state index contributed by atoms with van der Waals surface area (Å²) in [5.41, 5.74) is 0. The smallest absolute Gasteiger partial charge is 0.407 e. The molecule has 0 spiro atoms. The lowest BCUT2D eigenvalue weighted by molar-refractivity contribution is -0.121. The van der Waals surface area contributed by atoms with Gasteiger partial charge in [0.2, 0.25) is 5.91 Å². The number of thioether (sulfide) groups is 1.